The summed E-state index contributed by atoms with van der Waals surface area (Å²) < 4.78 is 0. The number of anilines is 1. The second-order valence-electron chi connectivity index (χ2n) is 6.37. The summed E-state index contributed by atoms with van der Waals surface area (Å²) >= 11 is 5.90. The van der Waals surface area contributed by atoms with Gasteiger partial charge in [0.2, 0.25) is 0 Å². The average molecular weight is 370 g/mol. The van der Waals surface area contributed by atoms with Crippen molar-refractivity contribution in [1.29, 1.82) is 0 Å². The van der Waals surface area contributed by atoms with Crippen LogP contribution in [0.3, 0.4) is 0 Å². The molecule has 26 heavy (non-hydrogen) atoms. The lowest BCUT2D eigenvalue weighted by atomic mass is 10.0. The van der Waals surface area contributed by atoms with Gasteiger partial charge in [-0.1, -0.05) is 61.9 Å². The van der Waals surface area contributed by atoms with Gasteiger partial charge in [-0.05, 0) is 47.7 Å². The number of halogens is 1. The van der Waals surface area contributed by atoms with Crippen LogP contribution in [-0.2, 0) is 4.79 Å². The van der Waals surface area contributed by atoms with Gasteiger partial charge in [0.15, 0.2) is 0 Å². The SMILES string of the molecule is CC(=C/c1ccc(C(C)C)cc1)/C=N/NC(=O)CNc1cccc(Cl)c1. The zero-order valence-corrected chi connectivity index (χ0v) is 16.0. The minimum atomic E-state index is -0.227. The first-order chi connectivity index (χ1) is 12.4. The van der Waals surface area contributed by atoms with Crippen LogP contribution < -0.4 is 10.7 Å². The summed E-state index contributed by atoms with van der Waals surface area (Å²) in [6, 6.07) is 15.6. The molecule has 0 saturated heterocycles. The third-order valence-electron chi connectivity index (χ3n) is 3.73. The molecular formula is C21H24ClN3O. The van der Waals surface area contributed by atoms with E-state index in [1.54, 1.807) is 18.3 Å². The maximum atomic E-state index is 11.8. The zero-order chi connectivity index (χ0) is 18.9. The molecule has 0 aliphatic rings. The van der Waals surface area contributed by atoms with Crippen LogP contribution in [0.4, 0.5) is 5.69 Å². The summed E-state index contributed by atoms with van der Waals surface area (Å²) in [4.78, 5) is 11.8. The van der Waals surface area contributed by atoms with E-state index in [0.29, 0.717) is 10.9 Å². The van der Waals surface area contributed by atoms with Crippen molar-refractivity contribution in [3.63, 3.8) is 0 Å². The molecule has 2 aromatic rings. The Morgan fingerprint density at radius 3 is 2.58 bits per heavy atom. The number of carbonyl (C=O) groups excluding carboxylic acids is 1. The average Bonchev–Trinajstić information content (AvgIpc) is 2.60. The van der Waals surface area contributed by atoms with Gasteiger partial charge in [0.05, 0.1) is 12.8 Å². The van der Waals surface area contributed by atoms with Crippen LogP contribution >= 0.6 is 11.6 Å². The molecule has 0 unspecified atom stereocenters. The van der Waals surface area contributed by atoms with Gasteiger partial charge in [-0.2, -0.15) is 5.10 Å². The van der Waals surface area contributed by atoms with Crippen LogP contribution in [0.2, 0.25) is 5.02 Å². The van der Waals surface area contributed by atoms with E-state index in [1.807, 2.05) is 25.1 Å². The van der Waals surface area contributed by atoms with Gasteiger partial charge in [-0.25, -0.2) is 5.43 Å². The lowest BCUT2D eigenvalue weighted by Crippen LogP contribution is -2.25. The lowest BCUT2D eigenvalue weighted by molar-refractivity contribution is -0.119. The summed E-state index contributed by atoms with van der Waals surface area (Å²) in [6.45, 7) is 6.41. The van der Waals surface area contributed by atoms with Crippen molar-refractivity contribution in [3.8, 4) is 0 Å². The number of hydrogen-bond acceptors (Lipinski definition) is 3. The number of nitrogens with one attached hydrogen (secondary N) is 2. The van der Waals surface area contributed by atoms with Crippen LogP contribution in [0.15, 0.2) is 59.2 Å². The Labute approximate surface area is 160 Å². The second kappa shape index (κ2) is 9.78. The number of nitrogens with zero attached hydrogens (tertiary/aromatic N) is 1. The summed E-state index contributed by atoms with van der Waals surface area (Å²) in [7, 11) is 0. The predicted octanol–water partition coefficient (Wildman–Crippen LogP) is 5.08. The van der Waals surface area contributed by atoms with Gasteiger partial charge in [0.1, 0.15) is 0 Å². The smallest absolute Gasteiger partial charge is 0.259 e. The minimum absolute atomic E-state index is 0.122. The molecule has 136 valence electrons. The molecule has 0 fully saturated rings. The highest BCUT2D eigenvalue weighted by atomic mass is 35.5. The molecule has 0 saturated carbocycles. The van der Waals surface area contributed by atoms with Crippen molar-refractivity contribution in [2.75, 3.05) is 11.9 Å². The van der Waals surface area contributed by atoms with Crippen molar-refractivity contribution >= 4 is 35.5 Å². The van der Waals surface area contributed by atoms with E-state index in [0.717, 1.165) is 16.8 Å². The van der Waals surface area contributed by atoms with Gasteiger partial charge in [-0.15, -0.1) is 0 Å². The fourth-order valence-electron chi connectivity index (χ4n) is 2.30. The Balaban J connectivity index is 1.81. The molecule has 0 bridgehead atoms. The van der Waals surface area contributed by atoms with Crippen LogP contribution in [0.1, 0.15) is 37.8 Å². The van der Waals surface area contributed by atoms with E-state index in [1.165, 1.54) is 5.56 Å². The Kier molecular flexibility index (Phi) is 7.42. The molecule has 0 aliphatic heterocycles. The number of allylic oxidation sites excluding steroid dienone is 1. The van der Waals surface area contributed by atoms with Crippen molar-refractivity contribution in [1.82, 2.24) is 5.43 Å². The number of rotatable bonds is 7. The van der Waals surface area contributed by atoms with Crippen molar-refractivity contribution in [2.24, 2.45) is 5.10 Å². The number of amides is 1. The van der Waals surface area contributed by atoms with E-state index >= 15 is 0 Å². The number of benzene rings is 2. The van der Waals surface area contributed by atoms with Gasteiger partial charge in [-0.3, -0.25) is 4.79 Å². The fraction of sp³-hybridized carbons (Fsp3) is 0.238. The maximum absolute atomic E-state index is 11.8. The highest BCUT2D eigenvalue weighted by Gasteiger charge is 2.00. The normalized spacial score (nSPS) is 11.8. The Bertz CT molecular complexity index is 795. The van der Waals surface area contributed by atoms with Gasteiger partial charge in [0.25, 0.3) is 5.91 Å². The topological polar surface area (TPSA) is 53.5 Å². The summed E-state index contributed by atoms with van der Waals surface area (Å²) in [6.07, 6.45) is 3.65. The third kappa shape index (κ3) is 6.73. The van der Waals surface area contributed by atoms with E-state index in [2.05, 4.69) is 54.0 Å². The minimum Gasteiger partial charge on any atom is -0.376 e. The van der Waals surface area contributed by atoms with Crippen molar-refractivity contribution in [3.05, 3.63) is 70.3 Å². The zero-order valence-electron chi connectivity index (χ0n) is 15.3. The monoisotopic (exact) mass is 369 g/mol. The first-order valence-corrected chi connectivity index (χ1v) is 8.91. The summed E-state index contributed by atoms with van der Waals surface area (Å²) in [5.41, 5.74) is 6.66. The molecule has 0 atom stereocenters. The van der Waals surface area contributed by atoms with Gasteiger partial charge in [0, 0.05) is 10.7 Å². The van der Waals surface area contributed by atoms with Gasteiger partial charge < -0.3 is 5.32 Å². The molecule has 0 aliphatic carbocycles. The number of hydrazone groups is 1. The predicted molar refractivity (Wildman–Crippen MR) is 111 cm³/mol. The Morgan fingerprint density at radius 1 is 1.19 bits per heavy atom. The number of hydrogen-bond donors (Lipinski definition) is 2. The van der Waals surface area contributed by atoms with E-state index < -0.39 is 0 Å². The molecule has 0 radical (unpaired) electrons. The largest absolute Gasteiger partial charge is 0.376 e. The van der Waals surface area contributed by atoms with E-state index in [-0.39, 0.29) is 12.5 Å². The highest BCUT2D eigenvalue weighted by Crippen LogP contribution is 2.16. The molecule has 2 N–H and O–H groups in total. The lowest BCUT2D eigenvalue weighted by Gasteiger charge is -2.05. The summed E-state index contributed by atoms with van der Waals surface area (Å²) in [5.74, 6) is 0.293. The molecule has 0 aromatic heterocycles. The molecule has 0 spiro atoms. The van der Waals surface area contributed by atoms with Crippen molar-refractivity contribution in [2.45, 2.75) is 26.7 Å². The number of carbonyl (C=O) groups is 1. The third-order valence-corrected chi connectivity index (χ3v) is 3.97. The standard InChI is InChI=1S/C21H24ClN3O/c1-15(2)18-9-7-17(8-10-18)11-16(3)13-24-25-21(26)14-23-20-6-4-5-19(22)12-20/h4-13,15,23H,14H2,1-3H3,(H,25,26)/b16-11-,24-13+. The van der Waals surface area contributed by atoms with E-state index in [9.17, 15) is 4.79 Å². The first-order valence-electron chi connectivity index (χ1n) is 8.53. The van der Waals surface area contributed by atoms with Gasteiger partial charge >= 0.3 is 0 Å². The quantitative estimate of drug-likeness (QED) is 0.528. The fourth-order valence-corrected chi connectivity index (χ4v) is 2.49. The van der Waals surface area contributed by atoms with Crippen LogP contribution in [0, 0.1) is 0 Å². The maximum Gasteiger partial charge on any atom is 0.259 e. The first kappa shape index (κ1) is 19.7. The van der Waals surface area contributed by atoms with Crippen LogP contribution in [-0.4, -0.2) is 18.7 Å². The second-order valence-corrected chi connectivity index (χ2v) is 6.80. The molecule has 4 nitrogen and oxygen atoms in total. The molecule has 1 amide bonds. The molecule has 2 aromatic carbocycles. The molecule has 0 heterocycles. The van der Waals surface area contributed by atoms with Crippen LogP contribution in [0.5, 0.6) is 0 Å². The highest BCUT2D eigenvalue weighted by molar-refractivity contribution is 6.30. The molecule has 2 rings (SSSR count). The summed E-state index contributed by atoms with van der Waals surface area (Å²) in [5, 5.41) is 7.60. The van der Waals surface area contributed by atoms with Crippen LogP contribution in [0.25, 0.3) is 6.08 Å². The molecular weight excluding hydrogens is 346 g/mol. The Hall–Kier alpha value is -2.59. The van der Waals surface area contributed by atoms with Crippen molar-refractivity contribution < 1.29 is 4.79 Å². The Morgan fingerprint density at radius 2 is 1.92 bits per heavy atom. The van der Waals surface area contributed by atoms with E-state index in [4.69, 9.17) is 11.6 Å². The molecule has 5 heteroatoms.